The highest BCUT2D eigenvalue weighted by atomic mass is 19.4. The topological polar surface area (TPSA) is 15.3 Å². The minimum Gasteiger partial charge on any atom is -0.383 e. The van der Waals surface area contributed by atoms with Crippen molar-refractivity contribution in [3.05, 3.63) is 29.3 Å². The number of fused-ring (bicyclic) bond motifs is 1. The van der Waals surface area contributed by atoms with Gasteiger partial charge in [-0.1, -0.05) is 6.07 Å². The quantitative estimate of drug-likeness (QED) is 0.736. The molecular formula is C11H13F3N2. The molecule has 5 heteroatoms. The van der Waals surface area contributed by atoms with Gasteiger partial charge in [0.25, 0.3) is 0 Å². The molecule has 2 rings (SSSR count). The van der Waals surface area contributed by atoms with Crippen molar-refractivity contribution in [3.63, 3.8) is 0 Å². The monoisotopic (exact) mass is 230 g/mol. The highest BCUT2D eigenvalue weighted by Gasteiger charge is 2.31. The summed E-state index contributed by atoms with van der Waals surface area (Å²) in [5.74, 6) is 0. The zero-order valence-corrected chi connectivity index (χ0v) is 8.93. The number of nitrogens with one attached hydrogen (secondary N) is 1. The molecule has 2 nitrogen and oxygen atoms in total. The smallest absolute Gasteiger partial charge is 0.383 e. The largest absolute Gasteiger partial charge is 0.416 e. The van der Waals surface area contributed by atoms with E-state index in [1.165, 1.54) is 6.07 Å². The molecule has 0 spiro atoms. The van der Waals surface area contributed by atoms with Gasteiger partial charge in [0.2, 0.25) is 0 Å². The third-order valence-corrected chi connectivity index (χ3v) is 2.69. The number of anilines is 1. The Morgan fingerprint density at radius 1 is 1.31 bits per heavy atom. The molecule has 88 valence electrons. The molecule has 0 bridgehead atoms. The zero-order chi connectivity index (χ0) is 11.8. The van der Waals surface area contributed by atoms with Crippen LogP contribution in [0.2, 0.25) is 0 Å². The van der Waals surface area contributed by atoms with Crippen molar-refractivity contribution in [1.82, 2.24) is 4.90 Å². The molecule has 0 aromatic heterocycles. The number of halogens is 3. The SMILES string of the molecule is CN1CCNc2cc(C(F)(F)F)ccc2C1. The number of hydrogen-bond donors (Lipinski definition) is 1. The number of likely N-dealkylation sites (N-methyl/N-ethyl adjacent to an activating group) is 1. The Morgan fingerprint density at radius 3 is 2.75 bits per heavy atom. The van der Waals surface area contributed by atoms with Crippen LogP contribution in [0, 0.1) is 0 Å². The summed E-state index contributed by atoms with van der Waals surface area (Å²) in [7, 11) is 1.95. The lowest BCUT2D eigenvalue weighted by Crippen LogP contribution is -2.20. The summed E-state index contributed by atoms with van der Waals surface area (Å²) < 4.78 is 37.5. The second kappa shape index (κ2) is 3.97. The van der Waals surface area contributed by atoms with Gasteiger partial charge >= 0.3 is 6.18 Å². The van der Waals surface area contributed by atoms with Crippen LogP contribution in [0.4, 0.5) is 18.9 Å². The minimum absolute atomic E-state index is 0.594. The number of hydrogen-bond acceptors (Lipinski definition) is 2. The van der Waals surface area contributed by atoms with Gasteiger partial charge in [-0.05, 0) is 24.7 Å². The number of benzene rings is 1. The molecule has 1 aliphatic rings. The molecule has 1 aromatic carbocycles. The lowest BCUT2D eigenvalue weighted by Gasteiger charge is -2.13. The number of rotatable bonds is 0. The summed E-state index contributed by atoms with van der Waals surface area (Å²) in [6.07, 6.45) is -4.27. The van der Waals surface area contributed by atoms with Gasteiger partial charge in [0.1, 0.15) is 0 Å². The van der Waals surface area contributed by atoms with E-state index in [1.54, 1.807) is 6.07 Å². The van der Waals surface area contributed by atoms with E-state index in [0.717, 1.165) is 18.2 Å². The van der Waals surface area contributed by atoms with Gasteiger partial charge in [0, 0.05) is 25.3 Å². The molecule has 0 unspecified atom stereocenters. The van der Waals surface area contributed by atoms with E-state index in [4.69, 9.17) is 0 Å². The van der Waals surface area contributed by atoms with Crippen LogP contribution in [-0.2, 0) is 12.7 Å². The Bertz CT molecular complexity index is 387. The Labute approximate surface area is 92.1 Å². The van der Waals surface area contributed by atoms with Crippen molar-refractivity contribution in [2.75, 3.05) is 25.5 Å². The van der Waals surface area contributed by atoms with E-state index < -0.39 is 11.7 Å². The van der Waals surface area contributed by atoms with Crippen molar-refractivity contribution in [3.8, 4) is 0 Å². The lowest BCUT2D eigenvalue weighted by molar-refractivity contribution is -0.137. The van der Waals surface area contributed by atoms with Gasteiger partial charge in [0.05, 0.1) is 5.56 Å². The van der Waals surface area contributed by atoms with Gasteiger partial charge in [-0.2, -0.15) is 13.2 Å². The van der Waals surface area contributed by atoms with Crippen molar-refractivity contribution in [2.45, 2.75) is 12.7 Å². The van der Waals surface area contributed by atoms with Gasteiger partial charge < -0.3 is 10.2 Å². The molecule has 0 aliphatic carbocycles. The van der Waals surface area contributed by atoms with Crippen molar-refractivity contribution in [1.29, 1.82) is 0 Å². The Morgan fingerprint density at radius 2 is 2.06 bits per heavy atom. The van der Waals surface area contributed by atoms with Gasteiger partial charge in [-0.3, -0.25) is 0 Å². The van der Waals surface area contributed by atoms with Crippen LogP contribution < -0.4 is 5.32 Å². The summed E-state index contributed by atoms with van der Waals surface area (Å²) in [6.45, 7) is 2.18. The van der Waals surface area contributed by atoms with E-state index in [0.29, 0.717) is 18.8 Å². The summed E-state index contributed by atoms with van der Waals surface area (Å²) in [4.78, 5) is 2.08. The summed E-state index contributed by atoms with van der Waals surface area (Å²) >= 11 is 0. The average molecular weight is 230 g/mol. The van der Waals surface area contributed by atoms with Crippen molar-refractivity contribution in [2.24, 2.45) is 0 Å². The zero-order valence-electron chi connectivity index (χ0n) is 8.93. The van der Waals surface area contributed by atoms with Crippen LogP contribution in [-0.4, -0.2) is 25.0 Å². The third kappa shape index (κ3) is 2.29. The molecule has 0 radical (unpaired) electrons. The second-order valence-corrected chi connectivity index (χ2v) is 4.03. The molecule has 1 N–H and O–H groups in total. The van der Waals surface area contributed by atoms with Crippen LogP contribution in [0.15, 0.2) is 18.2 Å². The van der Waals surface area contributed by atoms with Gasteiger partial charge in [-0.15, -0.1) is 0 Å². The Hall–Kier alpha value is -1.23. The maximum atomic E-state index is 12.5. The fraction of sp³-hybridized carbons (Fsp3) is 0.455. The van der Waals surface area contributed by atoms with E-state index in [9.17, 15) is 13.2 Å². The van der Waals surface area contributed by atoms with E-state index in [1.807, 2.05) is 7.05 Å². The number of alkyl halides is 3. The minimum atomic E-state index is -4.27. The van der Waals surface area contributed by atoms with E-state index in [-0.39, 0.29) is 0 Å². The number of nitrogens with zero attached hydrogens (tertiary/aromatic N) is 1. The van der Waals surface area contributed by atoms with E-state index >= 15 is 0 Å². The normalized spacial score (nSPS) is 17.5. The Kier molecular flexibility index (Phi) is 2.80. The molecule has 1 heterocycles. The molecule has 1 aliphatic heterocycles. The predicted molar refractivity (Wildman–Crippen MR) is 56.3 cm³/mol. The highest BCUT2D eigenvalue weighted by molar-refractivity contribution is 5.54. The first kappa shape index (κ1) is 11.3. The average Bonchev–Trinajstić information content (AvgIpc) is 2.35. The standard InChI is InChI=1S/C11H13F3N2/c1-16-5-4-15-10-6-9(11(12,13)14)3-2-8(10)7-16/h2-3,6,15H,4-5,7H2,1H3. The molecule has 16 heavy (non-hydrogen) atoms. The summed E-state index contributed by atoms with van der Waals surface area (Å²) in [5, 5.41) is 3.03. The van der Waals surface area contributed by atoms with Crippen LogP contribution in [0.25, 0.3) is 0 Å². The highest BCUT2D eigenvalue weighted by Crippen LogP contribution is 2.32. The fourth-order valence-corrected chi connectivity index (χ4v) is 1.81. The van der Waals surface area contributed by atoms with Gasteiger partial charge in [0.15, 0.2) is 0 Å². The first-order valence-electron chi connectivity index (χ1n) is 5.09. The first-order valence-corrected chi connectivity index (χ1v) is 5.09. The molecule has 1 aromatic rings. The summed E-state index contributed by atoms with van der Waals surface area (Å²) in [6, 6.07) is 3.88. The van der Waals surface area contributed by atoms with Crippen LogP contribution in [0.3, 0.4) is 0 Å². The van der Waals surface area contributed by atoms with Gasteiger partial charge in [-0.25, -0.2) is 0 Å². The van der Waals surface area contributed by atoms with Crippen LogP contribution in [0.1, 0.15) is 11.1 Å². The maximum absolute atomic E-state index is 12.5. The molecule has 0 saturated heterocycles. The van der Waals surface area contributed by atoms with Crippen LogP contribution in [0.5, 0.6) is 0 Å². The molecule has 0 atom stereocenters. The third-order valence-electron chi connectivity index (χ3n) is 2.69. The molecular weight excluding hydrogens is 217 g/mol. The predicted octanol–water partition coefficient (Wildman–Crippen LogP) is 2.56. The Balaban J connectivity index is 2.35. The molecule has 0 saturated carbocycles. The van der Waals surface area contributed by atoms with Crippen molar-refractivity contribution < 1.29 is 13.2 Å². The maximum Gasteiger partial charge on any atom is 0.416 e. The first-order chi connectivity index (χ1) is 7.47. The second-order valence-electron chi connectivity index (χ2n) is 4.03. The van der Waals surface area contributed by atoms with Crippen LogP contribution >= 0.6 is 0 Å². The molecule has 0 amide bonds. The molecule has 0 fully saturated rings. The lowest BCUT2D eigenvalue weighted by atomic mass is 10.1. The fourth-order valence-electron chi connectivity index (χ4n) is 1.81. The summed E-state index contributed by atoms with van der Waals surface area (Å²) in [5.41, 5.74) is 0.912. The van der Waals surface area contributed by atoms with Crippen molar-refractivity contribution >= 4 is 5.69 Å². The van der Waals surface area contributed by atoms with E-state index in [2.05, 4.69) is 10.2 Å².